The zero-order chi connectivity index (χ0) is 27.4. The van der Waals surface area contributed by atoms with Gasteiger partial charge in [-0.25, -0.2) is 0 Å². The third-order valence-corrected chi connectivity index (χ3v) is 6.72. The van der Waals surface area contributed by atoms with Crippen molar-refractivity contribution >= 4 is 17.4 Å². The molecule has 0 saturated carbocycles. The summed E-state index contributed by atoms with van der Waals surface area (Å²) in [7, 11) is 0. The fourth-order valence-electron chi connectivity index (χ4n) is 4.94. The zero-order valence-corrected chi connectivity index (χ0v) is 22.0. The molecule has 1 atom stereocenters. The smallest absolute Gasteiger partial charge is 0.295 e. The molecule has 0 spiro atoms. The maximum absolute atomic E-state index is 13.5. The summed E-state index contributed by atoms with van der Waals surface area (Å²) in [5.74, 6) is 0.421. The fraction of sp³-hybridized carbons (Fsp3) is 0.290. The number of hydrogen-bond donors (Lipinski definition) is 1. The molecule has 5 rings (SSSR count). The molecule has 1 N–H and O–H groups in total. The summed E-state index contributed by atoms with van der Waals surface area (Å²) in [6.45, 7) is 5.73. The first-order valence-corrected chi connectivity index (χ1v) is 13.1. The predicted octanol–water partition coefficient (Wildman–Crippen LogP) is 4.92. The number of aliphatic hydroxyl groups is 1. The Balaban J connectivity index is 1.60. The molecule has 1 amide bonds. The lowest BCUT2D eigenvalue weighted by atomic mass is 9.94. The van der Waals surface area contributed by atoms with Crippen molar-refractivity contribution in [3.05, 3.63) is 89.0 Å². The van der Waals surface area contributed by atoms with Crippen molar-refractivity contribution in [2.24, 2.45) is 0 Å². The number of nitrogens with zero attached hydrogens (tertiary/aromatic N) is 1. The Bertz CT molecular complexity index is 1400. The van der Waals surface area contributed by atoms with Crippen LogP contribution in [0.5, 0.6) is 23.0 Å². The van der Waals surface area contributed by atoms with Crippen LogP contribution in [0.15, 0.2) is 72.3 Å². The summed E-state index contributed by atoms with van der Waals surface area (Å²) in [5, 5.41) is 11.5. The van der Waals surface area contributed by atoms with Gasteiger partial charge in [-0.15, -0.1) is 0 Å². The molecule has 0 radical (unpaired) electrons. The van der Waals surface area contributed by atoms with E-state index in [1.54, 1.807) is 36.4 Å². The van der Waals surface area contributed by atoms with Gasteiger partial charge < -0.3 is 29.0 Å². The van der Waals surface area contributed by atoms with E-state index in [0.29, 0.717) is 67.0 Å². The topological polar surface area (TPSA) is 94.5 Å². The van der Waals surface area contributed by atoms with Gasteiger partial charge in [0.2, 0.25) is 0 Å². The highest BCUT2D eigenvalue weighted by molar-refractivity contribution is 6.46. The minimum atomic E-state index is -0.822. The Morgan fingerprint density at radius 1 is 0.897 bits per heavy atom. The van der Waals surface area contributed by atoms with E-state index in [4.69, 9.17) is 18.9 Å². The molecule has 2 aliphatic rings. The highest BCUT2D eigenvalue weighted by Gasteiger charge is 2.46. The number of likely N-dealkylation sites (tertiary alicyclic amines) is 1. The van der Waals surface area contributed by atoms with Gasteiger partial charge in [0.15, 0.2) is 23.0 Å². The molecule has 2 heterocycles. The normalized spacial score (nSPS) is 17.8. The Morgan fingerprint density at radius 2 is 1.62 bits per heavy atom. The van der Waals surface area contributed by atoms with Crippen molar-refractivity contribution in [1.29, 1.82) is 0 Å². The number of amides is 1. The molecule has 0 aliphatic carbocycles. The molecule has 3 aromatic rings. The largest absolute Gasteiger partial charge is 0.507 e. The molecular formula is C31H31NO7. The van der Waals surface area contributed by atoms with Crippen LogP contribution in [-0.4, -0.2) is 54.7 Å². The van der Waals surface area contributed by atoms with E-state index in [1.165, 1.54) is 4.90 Å². The van der Waals surface area contributed by atoms with Gasteiger partial charge in [-0.3, -0.25) is 9.59 Å². The number of carbonyl (C=O) groups excluding carboxylic acids is 2. The summed E-state index contributed by atoms with van der Waals surface area (Å²) >= 11 is 0. The first-order chi connectivity index (χ1) is 19.0. The zero-order valence-electron chi connectivity index (χ0n) is 22.0. The van der Waals surface area contributed by atoms with Crippen molar-refractivity contribution in [2.75, 3.05) is 33.0 Å². The Labute approximate surface area is 227 Å². The number of ketones is 1. The summed E-state index contributed by atoms with van der Waals surface area (Å²) in [4.78, 5) is 28.4. The van der Waals surface area contributed by atoms with Crippen LogP contribution in [0.4, 0.5) is 0 Å². The number of aliphatic hydroxyl groups excluding tert-OH is 1. The Kier molecular flexibility index (Phi) is 7.72. The number of benzene rings is 3. The lowest BCUT2D eigenvalue weighted by Crippen LogP contribution is -2.31. The monoisotopic (exact) mass is 529 g/mol. The molecule has 8 heteroatoms. The second kappa shape index (κ2) is 11.5. The van der Waals surface area contributed by atoms with Crippen LogP contribution in [0.25, 0.3) is 5.76 Å². The number of hydrogen-bond acceptors (Lipinski definition) is 7. The van der Waals surface area contributed by atoms with Gasteiger partial charge in [-0.2, -0.15) is 0 Å². The van der Waals surface area contributed by atoms with E-state index in [0.717, 1.165) is 5.56 Å². The van der Waals surface area contributed by atoms with Crippen molar-refractivity contribution < 1.29 is 33.6 Å². The number of fused-ring (bicyclic) bond motifs is 1. The molecule has 8 nitrogen and oxygen atoms in total. The molecular weight excluding hydrogens is 498 g/mol. The summed E-state index contributed by atoms with van der Waals surface area (Å²) in [6.07, 6.45) is 0.545. The van der Waals surface area contributed by atoms with E-state index in [2.05, 4.69) is 0 Å². The lowest BCUT2D eigenvalue weighted by Gasteiger charge is -2.26. The van der Waals surface area contributed by atoms with Crippen LogP contribution in [0.3, 0.4) is 0 Å². The van der Waals surface area contributed by atoms with Crippen LogP contribution < -0.4 is 18.9 Å². The Hall–Kier alpha value is -4.46. The lowest BCUT2D eigenvalue weighted by molar-refractivity contribution is -0.139. The standard InChI is InChI=1S/C31H31NO7/c1-3-36-23-12-10-21(18-25(23)37-4-2)28-27(29(33)22-11-13-24-26(19-22)39-17-16-38-24)30(34)31(35)32(28)15-14-20-8-6-5-7-9-20/h5-13,18-19,28,33H,3-4,14-17H2,1-2H3. The van der Waals surface area contributed by atoms with Gasteiger partial charge in [0.05, 0.1) is 24.8 Å². The third kappa shape index (κ3) is 5.27. The first kappa shape index (κ1) is 26.2. The molecule has 1 saturated heterocycles. The first-order valence-electron chi connectivity index (χ1n) is 13.1. The number of Topliss-reactive ketones (excluding diaryl/α,β-unsaturated/α-hetero) is 1. The molecule has 0 aromatic heterocycles. The van der Waals surface area contributed by atoms with E-state index < -0.39 is 17.7 Å². The van der Waals surface area contributed by atoms with Crippen LogP contribution in [0.1, 0.15) is 36.6 Å². The van der Waals surface area contributed by atoms with Crippen LogP contribution in [-0.2, 0) is 16.0 Å². The van der Waals surface area contributed by atoms with Crippen molar-refractivity contribution in [3.63, 3.8) is 0 Å². The van der Waals surface area contributed by atoms with Crippen molar-refractivity contribution in [2.45, 2.75) is 26.3 Å². The van der Waals surface area contributed by atoms with E-state index in [9.17, 15) is 14.7 Å². The van der Waals surface area contributed by atoms with Gasteiger partial charge in [0, 0.05) is 12.1 Å². The van der Waals surface area contributed by atoms with E-state index in [-0.39, 0.29) is 17.9 Å². The molecule has 1 fully saturated rings. The maximum atomic E-state index is 13.5. The minimum Gasteiger partial charge on any atom is -0.507 e. The van der Waals surface area contributed by atoms with E-state index >= 15 is 0 Å². The van der Waals surface area contributed by atoms with Crippen LogP contribution in [0, 0.1) is 0 Å². The average Bonchev–Trinajstić information content (AvgIpc) is 3.22. The van der Waals surface area contributed by atoms with Crippen molar-refractivity contribution in [3.8, 4) is 23.0 Å². The van der Waals surface area contributed by atoms with Crippen LogP contribution >= 0.6 is 0 Å². The number of ether oxygens (including phenoxy) is 4. The fourth-order valence-corrected chi connectivity index (χ4v) is 4.94. The van der Waals surface area contributed by atoms with E-state index in [1.807, 2.05) is 44.2 Å². The van der Waals surface area contributed by atoms with Crippen LogP contribution in [0.2, 0.25) is 0 Å². The van der Waals surface area contributed by atoms with Crippen molar-refractivity contribution in [1.82, 2.24) is 4.90 Å². The summed E-state index contributed by atoms with van der Waals surface area (Å²) < 4.78 is 22.8. The minimum absolute atomic E-state index is 0.0105. The predicted molar refractivity (Wildman–Crippen MR) is 145 cm³/mol. The number of carbonyl (C=O) groups is 2. The molecule has 0 bridgehead atoms. The highest BCUT2D eigenvalue weighted by atomic mass is 16.6. The molecule has 2 aliphatic heterocycles. The summed E-state index contributed by atoms with van der Waals surface area (Å²) in [5.41, 5.74) is 2.04. The Morgan fingerprint density at radius 3 is 2.36 bits per heavy atom. The van der Waals surface area contributed by atoms with Gasteiger partial charge in [-0.05, 0) is 61.7 Å². The van der Waals surface area contributed by atoms with Gasteiger partial charge in [-0.1, -0.05) is 36.4 Å². The third-order valence-electron chi connectivity index (χ3n) is 6.72. The van der Waals surface area contributed by atoms with Gasteiger partial charge in [0.1, 0.15) is 19.0 Å². The summed E-state index contributed by atoms with van der Waals surface area (Å²) in [6, 6.07) is 19.2. The average molecular weight is 530 g/mol. The second-order valence-electron chi connectivity index (χ2n) is 9.16. The molecule has 39 heavy (non-hydrogen) atoms. The SMILES string of the molecule is CCOc1ccc(C2C(=C(O)c3ccc4c(c3)OCCO4)C(=O)C(=O)N2CCc2ccccc2)cc1OCC. The highest BCUT2D eigenvalue weighted by Crippen LogP contribution is 2.43. The van der Waals surface area contributed by atoms with Gasteiger partial charge in [0.25, 0.3) is 11.7 Å². The number of rotatable bonds is 9. The second-order valence-corrected chi connectivity index (χ2v) is 9.16. The molecule has 3 aromatic carbocycles. The quantitative estimate of drug-likeness (QED) is 0.239. The molecule has 202 valence electrons. The maximum Gasteiger partial charge on any atom is 0.295 e. The molecule has 1 unspecified atom stereocenters. The van der Waals surface area contributed by atoms with Gasteiger partial charge >= 0.3 is 0 Å².